The van der Waals surface area contributed by atoms with E-state index in [1.54, 1.807) is 0 Å². The normalized spacial score (nSPS) is 23.6. The summed E-state index contributed by atoms with van der Waals surface area (Å²) in [6.07, 6.45) is 1.80. The zero-order chi connectivity index (χ0) is 14.2. The van der Waals surface area contributed by atoms with Gasteiger partial charge in [-0.25, -0.2) is 0 Å². The zero-order valence-electron chi connectivity index (χ0n) is 11.6. The van der Waals surface area contributed by atoms with E-state index in [2.05, 4.69) is 5.32 Å². The van der Waals surface area contributed by atoms with Crippen molar-refractivity contribution in [3.63, 3.8) is 0 Å². The molecule has 5 heteroatoms. The fourth-order valence-corrected chi connectivity index (χ4v) is 2.85. The van der Waals surface area contributed by atoms with Crippen LogP contribution in [0, 0.1) is 0 Å². The molecule has 20 heavy (non-hydrogen) atoms. The Morgan fingerprint density at radius 1 is 1.40 bits per heavy atom. The van der Waals surface area contributed by atoms with Crippen molar-refractivity contribution < 1.29 is 9.53 Å². The second-order valence-electron chi connectivity index (χ2n) is 5.38. The molecule has 2 fully saturated rings. The number of nitrogens with zero attached hydrogens (tertiary/aromatic N) is 1. The summed E-state index contributed by atoms with van der Waals surface area (Å²) in [5.74, 6) is 0.206. The molecule has 1 amide bonds. The molecule has 1 saturated heterocycles. The Hall–Kier alpha value is -1.10. The molecule has 1 heterocycles. The Kier molecular flexibility index (Phi) is 3.71. The first kappa shape index (κ1) is 13.9. The van der Waals surface area contributed by atoms with E-state index < -0.39 is 0 Å². The minimum absolute atomic E-state index is 0.0669. The molecule has 0 radical (unpaired) electrons. The number of ether oxygens (including phenoxy) is 1. The van der Waals surface area contributed by atoms with Crippen LogP contribution in [0.25, 0.3) is 0 Å². The van der Waals surface area contributed by atoms with Crippen LogP contribution in [0.4, 0.5) is 0 Å². The molecule has 0 aromatic heterocycles. The van der Waals surface area contributed by atoms with Crippen molar-refractivity contribution in [3.05, 3.63) is 34.9 Å². The Bertz CT molecular complexity index is 499. The summed E-state index contributed by atoms with van der Waals surface area (Å²) >= 11 is 5.93. The van der Waals surface area contributed by atoms with E-state index in [9.17, 15) is 4.79 Å². The lowest BCUT2D eigenvalue weighted by molar-refractivity contribution is -0.131. The maximum Gasteiger partial charge on any atom is 0.244 e. The van der Waals surface area contributed by atoms with Crippen LogP contribution in [-0.4, -0.2) is 36.1 Å². The molecular formula is C15H19ClN2O2. The number of carbonyl (C=O) groups excluding carboxylic acids is 1. The molecule has 2 aliphatic rings. The minimum Gasteiger partial charge on any atom is -0.380 e. The number of amides is 1. The van der Waals surface area contributed by atoms with E-state index in [1.807, 2.05) is 36.1 Å². The van der Waals surface area contributed by atoms with Gasteiger partial charge in [-0.2, -0.15) is 0 Å². The van der Waals surface area contributed by atoms with Crippen molar-refractivity contribution in [1.82, 2.24) is 10.2 Å². The van der Waals surface area contributed by atoms with Crippen LogP contribution in [0.5, 0.6) is 0 Å². The summed E-state index contributed by atoms with van der Waals surface area (Å²) < 4.78 is 5.39. The third-order valence-electron chi connectivity index (χ3n) is 4.01. The molecule has 1 unspecified atom stereocenters. The fraction of sp³-hybridized carbons (Fsp3) is 0.533. The second-order valence-corrected chi connectivity index (χ2v) is 5.81. The van der Waals surface area contributed by atoms with Crippen LogP contribution in [0.3, 0.4) is 0 Å². The topological polar surface area (TPSA) is 41.6 Å². The van der Waals surface area contributed by atoms with Gasteiger partial charge in [-0.15, -0.1) is 0 Å². The first-order valence-electron chi connectivity index (χ1n) is 7.08. The fourth-order valence-electron chi connectivity index (χ4n) is 2.72. The van der Waals surface area contributed by atoms with Crippen molar-refractivity contribution in [1.29, 1.82) is 0 Å². The van der Waals surface area contributed by atoms with Crippen molar-refractivity contribution in [2.75, 3.05) is 19.8 Å². The first-order chi connectivity index (χ1) is 9.66. The zero-order valence-corrected chi connectivity index (χ0v) is 12.3. The molecule has 4 nitrogen and oxygen atoms in total. The minimum atomic E-state index is -0.309. The summed E-state index contributed by atoms with van der Waals surface area (Å²) in [5.41, 5.74) is 0.763. The number of halogens is 1. The number of nitrogens with one attached hydrogen (secondary N) is 1. The van der Waals surface area contributed by atoms with Gasteiger partial charge in [-0.05, 0) is 37.5 Å². The summed E-state index contributed by atoms with van der Waals surface area (Å²) in [4.78, 5) is 14.4. The van der Waals surface area contributed by atoms with Crippen molar-refractivity contribution in [2.45, 2.75) is 31.5 Å². The van der Waals surface area contributed by atoms with E-state index >= 15 is 0 Å². The first-order valence-corrected chi connectivity index (χ1v) is 7.46. The highest BCUT2D eigenvalue weighted by atomic mass is 35.5. The summed E-state index contributed by atoms with van der Waals surface area (Å²) in [6, 6.07) is 7.67. The Morgan fingerprint density at radius 2 is 2.10 bits per heavy atom. The molecule has 108 valence electrons. The van der Waals surface area contributed by atoms with Gasteiger partial charge in [0.1, 0.15) is 11.7 Å². The number of hydrogen-bond acceptors (Lipinski definition) is 3. The molecule has 1 aromatic rings. The molecule has 1 spiro atoms. The van der Waals surface area contributed by atoms with Crippen LogP contribution in [0.15, 0.2) is 24.3 Å². The van der Waals surface area contributed by atoms with Crippen LogP contribution in [0.2, 0.25) is 5.02 Å². The highest BCUT2D eigenvalue weighted by molar-refractivity contribution is 6.30. The summed E-state index contributed by atoms with van der Waals surface area (Å²) in [6.45, 7) is 3.83. The quantitative estimate of drug-likeness (QED) is 0.848. The molecule has 1 N–H and O–H groups in total. The number of hydrogen-bond donors (Lipinski definition) is 1. The lowest BCUT2D eigenvalue weighted by Gasteiger charge is -2.24. The Balaban J connectivity index is 1.79. The molecular weight excluding hydrogens is 276 g/mol. The van der Waals surface area contributed by atoms with Gasteiger partial charge < -0.3 is 9.64 Å². The Morgan fingerprint density at radius 3 is 2.70 bits per heavy atom. The van der Waals surface area contributed by atoms with Gasteiger partial charge in [-0.3, -0.25) is 10.1 Å². The van der Waals surface area contributed by atoms with Crippen LogP contribution in [-0.2, 0) is 9.53 Å². The summed E-state index contributed by atoms with van der Waals surface area (Å²) in [5, 5.41) is 4.19. The average Bonchev–Trinajstić information content (AvgIpc) is 3.18. The van der Waals surface area contributed by atoms with E-state index in [0.29, 0.717) is 24.8 Å². The number of benzene rings is 1. The van der Waals surface area contributed by atoms with Crippen LogP contribution in [0.1, 0.15) is 31.5 Å². The highest BCUT2D eigenvalue weighted by Gasteiger charge is 2.59. The average molecular weight is 295 g/mol. The maximum atomic E-state index is 12.5. The van der Waals surface area contributed by atoms with Crippen molar-refractivity contribution >= 4 is 17.5 Å². The molecule has 1 aliphatic heterocycles. The smallest absolute Gasteiger partial charge is 0.244 e. The van der Waals surface area contributed by atoms with Crippen molar-refractivity contribution in [2.24, 2.45) is 0 Å². The lowest BCUT2D eigenvalue weighted by atomic mass is 10.1. The Labute approximate surface area is 124 Å². The predicted molar refractivity (Wildman–Crippen MR) is 77.5 cm³/mol. The molecule has 3 rings (SSSR count). The van der Waals surface area contributed by atoms with E-state index in [-0.39, 0.29) is 17.6 Å². The second kappa shape index (κ2) is 5.35. The van der Waals surface area contributed by atoms with Gasteiger partial charge in [0.05, 0.1) is 6.61 Å². The molecule has 1 aromatic carbocycles. The van der Waals surface area contributed by atoms with E-state index in [1.165, 1.54) is 0 Å². The monoisotopic (exact) mass is 294 g/mol. The van der Waals surface area contributed by atoms with Gasteiger partial charge >= 0.3 is 0 Å². The SMILES string of the molecule is CCOCCN1C(=O)C2(CC2)NC1c1ccc(Cl)cc1. The van der Waals surface area contributed by atoms with E-state index in [4.69, 9.17) is 16.3 Å². The largest absolute Gasteiger partial charge is 0.380 e. The summed E-state index contributed by atoms with van der Waals surface area (Å²) in [7, 11) is 0. The highest BCUT2D eigenvalue weighted by Crippen LogP contribution is 2.45. The van der Waals surface area contributed by atoms with Gasteiger partial charge in [0, 0.05) is 18.2 Å². The third-order valence-corrected chi connectivity index (χ3v) is 4.26. The van der Waals surface area contributed by atoms with Crippen LogP contribution >= 0.6 is 11.6 Å². The van der Waals surface area contributed by atoms with Gasteiger partial charge in [0.15, 0.2) is 0 Å². The number of carbonyl (C=O) groups is 1. The van der Waals surface area contributed by atoms with E-state index in [0.717, 1.165) is 18.4 Å². The van der Waals surface area contributed by atoms with Gasteiger partial charge in [-0.1, -0.05) is 23.7 Å². The van der Waals surface area contributed by atoms with Crippen LogP contribution < -0.4 is 5.32 Å². The maximum absolute atomic E-state index is 12.5. The van der Waals surface area contributed by atoms with Gasteiger partial charge in [0.2, 0.25) is 5.91 Å². The standard InChI is InChI=1S/C15H19ClN2O2/c1-2-20-10-9-18-13(11-3-5-12(16)6-4-11)17-15(7-8-15)14(18)19/h3-6,13,17H,2,7-10H2,1H3. The molecule has 0 bridgehead atoms. The molecule has 1 saturated carbocycles. The number of rotatable bonds is 5. The third kappa shape index (κ3) is 2.43. The lowest BCUT2D eigenvalue weighted by Crippen LogP contribution is -2.34. The van der Waals surface area contributed by atoms with Crippen molar-refractivity contribution in [3.8, 4) is 0 Å². The molecule has 1 atom stereocenters. The van der Waals surface area contributed by atoms with Gasteiger partial charge in [0.25, 0.3) is 0 Å². The molecule has 1 aliphatic carbocycles. The predicted octanol–water partition coefficient (Wildman–Crippen LogP) is 2.34.